The Labute approximate surface area is 92.1 Å². The zero-order valence-electron chi connectivity index (χ0n) is 10.0. The molecule has 0 saturated heterocycles. The lowest BCUT2D eigenvalue weighted by atomic mass is 10.0. The van der Waals surface area contributed by atoms with Gasteiger partial charge in [-0.3, -0.25) is 0 Å². The molecule has 0 saturated carbocycles. The van der Waals surface area contributed by atoms with E-state index in [1.165, 1.54) is 6.42 Å². The predicted octanol–water partition coefficient (Wildman–Crippen LogP) is 2.82. The summed E-state index contributed by atoms with van der Waals surface area (Å²) in [6.45, 7) is 8.65. The fraction of sp³-hybridized carbons (Fsp3) is 0.583. The molecule has 1 rings (SSSR count). The molecule has 0 amide bonds. The van der Waals surface area contributed by atoms with Gasteiger partial charge in [0, 0.05) is 6.04 Å². The molecule has 15 heavy (non-hydrogen) atoms. The highest BCUT2D eigenvalue weighted by molar-refractivity contribution is 5.51. The predicted molar refractivity (Wildman–Crippen MR) is 65.9 cm³/mol. The normalized spacial score (nSPS) is 14.7. The minimum Gasteiger partial charge on any atom is -0.397 e. The molecule has 1 aromatic rings. The summed E-state index contributed by atoms with van der Waals surface area (Å²) in [7, 11) is 0. The van der Waals surface area contributed by atoms with Crippen molar-refractivity contribution in [2.45, 2.75) is 40.2 Å². The highest BCUT2D eigenvalue weighted by atomic mass is 15.0. The Morgan fingerprint density at radius 3 is 2.67 bits per heavy atom. The molecule has 0 aliphatic heterocycles. The average molecular weight is 207 g/mol. The summed E-state index contributed by atoms with van der Waals surface area (Å²) in [5.74, 6) is 1.58. The lowest BCUT2D eigenvalue weighted by molar-refractivity contribution is 0.493. The maximum atomic E-state index is 5.65. The Morgan fingerprint density at radius 1 is 1.47 bits per heavy atom. The van der Waals surface area contributed by atoms with Gasteiger partial charge in [0.25, 0.3) is 0 Å². The first-order valence-corrected chi connectivity index (χ1v) is 5.53. The second-order valence-corrected chi connectivity index (χ2v) is 4.25. The number of nitrogens with zero attached hydrogens (tertiary/aromatic N) is 1. The van der Waals surface area contributed by atoms with Crippen molar-refractivity contribution in [1.82, 2.24) is 4.98 Å². The van der Waals surface area contributed by atoms with Crippen molar-refractivity contribution in [2.75, 3.05) is 11.1 Å². The summed E-state index contributed by atoms with van der Waals surface area (Å²) in [6, 6.07) is 2.38. The van der Waals surface area contributed by atoms with Crippen molar-refractivity contribution in [3.05, 3.63) is 17.8 Å². The standard InChI is InChI=1S/C12H21N3/c1-5-8(2)10(4)15-12-9(3)6-11(13)7-14-12/h6-8,10H,5,13H2,1-4H3,(H,14,15). The summed E-state index contributed by atoms with van der Waals surface area (Å²) < 4.78 is 0. The Morgan fingerprint density at radius 2 is 2.13 bits per heavy atom. The van der Waals surface area contributed by atoms with E-state index in [9.17, 15) is 0 Å². The van der Waals surface area contributed by atoms with Gasteiger partial charge in [-0.05, 0) is 31.4 Å². The zero-order valence-corrected chi connectivity index (χ0v) is 10.0. The van der Waals surface area contributed by atoms with Crippen LogP contribution < -0.4 is 11.1 Å². The molecule has 3 nitrogen and oxygen atoms in total. The second-order valence-electron chi connectivity index (χ2n) is 4.25. The topological polar surface area (TPSA) is 50.9 Å². The number of aryl methyl sites for hydroxylation is 1. The van der Waals surface area contributed by atoms with Crippen LogP contribution in [0.3, 0.4) is 0 Å². The molecule has 1 aromatic heterocycles. The van der Waals surface area contributed by atoms with Crippen LogP contribution in [0.1, 0.15) is 32.8 Å². The number of aromatic nitrogens is 1. The van der Waals surface area contributed by atoms with Crippen LogP contribution in [0.2, 0.25) is 0 Å². The Hall–Kier alpha value is -1.25. The number of pyridine rings is 1. The highest BCUT2D eigenvalue weighted by Gasteiger charge is 2.11. The number of hydrogen-bond acceptors (Lipinski definition) is 3. The molecule has 2 atom stereocenters. The van der Waals surface area contributed by atoms with Gasteiger partial charge in [-0.1, -0.05) is 20.3 Å². The number of hydrogen-bond donors (Lipinski definition) is 2. The van der Waals surface area contributed by atoms with Crippen molar-refractivity contribution >= 4 is 11.5 Å². The molecule has 0 aliphatic carbocycles. The van der Waals surface area contributed by atoms with Gasteiger partial charge < -0.3 is 11.1 Å². The van der Waals surface area contributed by atoms with Gasteiger partial charge in [-0.25, -0.2) is 4.98 Å². The smallest absolute Gasteiger partial charge is 0.129 e. The average Bonchev–Trinajstić information content (AvgIpc) is 2.20. The van der Waals surface area contributed by atoms with Crippen LogP contribution in [0.15, 0.2) is 12.3 Å². The van der Waals surface area contributed by atoms with Gasteiger partial charge in [0.15, 0.2) is 0 Å². The van der Waals surface area contributed by atoms with E-state index in [-0.39, 0.29) is 0 Å². The molecule has 3 heteroatoms. The van der Waals surface area contributed by atoms with Gasteiger partial charge in [0.1, 0.15) is 5.82 Å². The Balaban J connectivity index is 2.72. The van der Waals surface area contributed by atoms with E-state index >= 15 is 0 Å². The summed E-state index contributed by atoms with van der Waals surface area (Å²) in [6.07, 6.45) is 2.86. The SMILES string of the molecule is CCC(C)C(C)Nc1ncc(N)cc1C. The van der Waals surface area contributed by atoms with E-state index in [1.807, 2.05) is 13.0 Å². The fourth-order valence-electron chi connectivity index (χ4n) is 1.46. The van der Waals surface area contributed by atoms with Crippen molar-refractivity contribution in [1.29, 1.82) is 0 Å². The first-order valence-electron chi connectivity index (χ1n) is 5.53. The van der Waals surface area contributed by atoms with E-state index in [0.29, 0.717) is 17.6 Å². The van der Waals surface area contributed by atoms with E-state index in [4.69, 9.17) is 5.73 Å². The molecule has 84 valence electrons. The highest BCUT2D eigenvalue weighted by Crippen LogP contribution is 2.18. The van der Waals surface area contributed by atoms with E-state index < -0.39 is 0 Å². The van der Waals surface area contributed by atoms with E-state index in [1.54, 1.807) is 6.20 Å². The first-order chi connectivity index (χ1) is 7.04. The molecule has 2 unspecified atom stereocenters. The van der Waals surface area contributed by atoms with Crippen molar-refractivity contribution in [3.63, 3.8) is 0 Å². The number of nitrogen functional groups attached to an aromatic ring is 1. The molecule has 0 radical (unpaired) electrons. The third-order valence-electron chi connectivity index (χ3n) is 2.96. The van der Waals surface area contributed by atoms with Crippen LogP contribution in [0.5, 0.6) is 0 Å². The quantitative estimate of drug-likeness (QED) is 0.798. The third kappa shape index (κ3) is 3.11. The molecule has 3 N–H and O–H groups in total. The zero-order chi connectivity index (χ0) is 11.4. The maximum Gasteiger partial charge on any atom is 0.129 e. The van der Waals surface area contributed by atoms with Crippen molar-refractivity contribution in [2.24, 2.45) is 5.92 Å². The summed E-state index contributed by atoms with van der Waals surface area (Å²) in [5, 5.41) is 3.42. The first kappa shape index (κ1) is 11.8. The fourth-order valence-corrected chi connectivity index (χ4v) is 1.46. The largest absolute Gasteiger partial charge is 0.397 e. The maximum absolute atomic E-state index is 5.65. The number of nitrogens with one attached hydrogen (secondary N) is 1. The molecular formula is C12H21N3. The molecule has 0 spiro atoms. The van der Waals surface area contributed by atoms with E-state index in [2.05, 4.69) is 31.1 Å². The van der Waals surface area contributed by atoms with Crippen LogP contribution >= 0.6 is 0 Å². The molecule has 0 aliphatic rings. The van der Waals surface area contributed by atoms with Crippen LogP contribution in [-0.4, -0.2) is 11.0 Å². The number of rotatable bonds is 4. The third-order valence-corrected chi connectivity index (χ3v) is 2.96. The summed E-state index contributed by atoms with van der Waals surface area (Å²) in [5.41, 5.74) is 7.47. The Kier molecular flexibility index (Phi) is 3.95. The molecule has 0 aromatic carbocycles. The van der Waals surface area contributed by atoms with Gasteiger partial charge in [-0.2, -0.15) is 0 Å². The van der Waals surface area contributed by atoms with Gasteiger partial charge >= 0.3 is 0 Å². The van der Waals surface area contributed by atoms with Gasteiger partial charge in [-0.15, -0.1) is 0 Å². The van der Waals surface area contributed by atoms with Crippen molar-refractivity contribution in [3.8, 4) is 0 Å². The van der Waals surface area contributed by atoms with Crippen LogP contribution in [-0.2, 0) is 0 Å². The molecular weight excluding hydrogens is 186 g/mol. The van der Waals surface area contributed by atoms with Gasteiger partial charge in [0.2, 0.25) is 0 Å². The minimum atomic E-state index is 0.435. The number of nitrogens with two attached hydrogens (primary N) is 1. The Bertz CT molecular complexity index is 323. The molecule has 0 fully saturated rings. The summed E-state index contributed by atoms with van der Waals surface area (Å²) in [4.78, 5) is 4.30. The minimum absolute atomic E-state index is 0.435. The lowest BCUT2D eigenvalue weighted by Gasteiger charge is -2.21. The van der Waals surface area contributed by atoms with Crippen LogP contribution in [0.4, 0.5) is 11.5 Å². The summed E-state index contributed by atoms with van der Waals surface area (Å²) >= 11 is 0. The molecule has 1 heterocycles. The van der Waals surface area contributed by atoms with Crippen molar-refractivity contribution < 1.29 is 0 Å². The van der Waals surface area contributed by atoms with Crippen LogP contribution in [0.25, 0.3) is 0 Å². The van der Waals surface area contributed by atoms with E-state index in [0.717, 1.165) is 11.4 Å². The monoisotopic (exact) mass is 207 g/mol. The van der Waals surface area contributed by atoms with Gasteiger partial charge in [0.05, 0.1) is 11.9 Å². The molecule has 0 bridgehead atoms. The lowest BCUT2D eigenvalue weighted by Crippen LogP contribution is -2.24. The van der Waals surface area contributed by atoms with Crippen LogP contribution in [0, 0.1) is 12.8 Å². The number of anilines is 2. The second kappa shape index (κ2) is 5.01.